The molecule has 0 aliphatic carbocycles. The first-order valence-electron chi connectivity index (χ1n) is 7.78. The van der Waals surface area contributed by atoms with Gasteiger partial charge in [0.1, 0.15) is 5.69 Å². The summed E-state index contributed by atoms with van der Waals surface area (Å²) in [5.74, 6) is -0.791. The average Bonchev–Trinajstić information content (AvgIpc) is 3.07. The van der Waals surface area contributed by atoms with Gasteiger partial charge < -0.3 is 9.72 Å². The van der Waals surface area contributed by atoms with Crippen LogP contribution in [0, 0.1) is 27.7 Å². The Kier molecular flexibility index (Phi) is 4.34. The van der Waals surface area contributed by atoms with Crippen molar-refractivity contribution >= 4 is 38.6 Å². The van der Waals surface area contributed by atoms with Crippen LogP contribution in [-0.2, 0) is 4.74 Å². The van der Waals surface area contributed by atoms with Crippen molar-refractivity contribution in [2.75, 3.05) is 12.4 Å². The summed E-state index contributed by atoms with van der Waals surface area (Å²) >= 11 is 1.43. The number of H-pyrrole nitrogens is 1. The fourth-order valence-corrected chi connectivity index (χ4v) is 4.01. The highest BCUT2D eigenvalue weighted by molar-refractivity contribution is 7.22. The molecule has 0 bridgehead atoms. The van der Waals surface area contributed by atoms with Gasteiger partial charge in [0.25, 0.3) is 5.91 Å². The number of carbonyl (C=O) groups is 2. The van der Waals surface area contributed by atoms with E-state index in [4.69, 9.17) is 4.74 Å². The Labute approximate surface area is 149 Å². The van der Waals surface area contributed by atoms with E-state index in [1.54, 1.807) is 13.8 Å². The predicted molar refractivity (Wildman–Crippen MR) is 98.7 cm³/mol. The number of nitrogens with one attached hydrogen (secondary N) is 2. The number of aromatic amines is 1. The van der Waals surface area contributed by atoms with Gasteiger partial charge >= 0.3 is 5.97 Å². The molecule has 0 saturated heterocycles. The predicted octanol–water partition coefficient (Wildman–Crippen LogP) is 3.90. The topological polar surface area (TPSA) is 84.1 Å². The molecule has 2 N–H and O–H groups in total. The number of aromatic nitrogens is 2. The van der Waals surface area contributed by atoms with Gasteiger partial charge in [-0.3, -0.25) is 10.1 Å². The van der Waals surface area contributed by atoms with Gasteiger partial charge in [-0.05, 0) is 50.5 Å². The summed E-state index contributed by atoms with van der Waals surface area (Å²) < 4.78 is 5.80. The van der Waals surface area contributed by atoms with Crippen LogP contribution in [0.4, 0.5) is 5.13 Å². The second-order valence-electron chi connectivity index (χ2n) is 6.02. The molecule has 0 unspecified atom stereocenters. The van der Waals surface area contributed by atoms with Crippen LogP contribution in [0.5, 0.6) is 0 Å². The van der Waals surface area contributed by atoms with Crippen LogP contribution in [0.25, 0.3) is 10.2 Å². The lowest BCUT2D eigenvalue weighted by atomic mass is 10.1. The Hall–Kier alpha value is -2.67. The molecule has 3 rings (SSSR count). The number of ether oxygens (including phenoxy) is 1. The highest BCUT2D eigenvalue weighted by Gasteiger charge is 2.23. The van der Waals surface area contributed by atoms with Gasteiger partial charge in [0.2, 0.25) is 0 Å². The van der Waals surface area contributed by atoms with E-state index in [0.29, 0.717) is 27.6 Å². The zero-order valence-corrected chi connectivity index (χ0v) is 15.6. The monoisotopic (exact) mass is 357 g/mol. The number of rotatable bonds is 3. The molecule has 0 aliphatic heterocycles. The number of nitrogens with zero attached hydrogens (tertiary/aromatic N) is 1. The molecule has 1 aromatic carbocycles. The molecule has 3 aromatic rings. The minimum absolute atomic E-state index is 0.329. The van der Waals surface area contributed by atoms with Crippen LogP contribution in [0.2, 0.25) is 0 Å². The second-order valence-corrected chi connectivity index (χ2v) is 7.05. The van der Waals surface area contributed by atoms with E-state index in [0.717, 1.165) is 21.3 Å². The van der Waals surface area contributed by atoms with Gasteiger partial charge in [-0.2, -0.15) is 0 Å². The largest absolute Gasteiger partial charge is 0.465 e. The molecule has 1 amide bonds. The number of thiazole rings is 1. The van der Waals surface area contributed by atoms with Crippen LogP contribution >= 0.6 is 11.3 Å². The van der Waals surface area contributed by atoms with Crippen molar-refractivity contribution < 1.29 is 14.3 Å². The first-order chi connectivity index (χ1) is 11.8. The number of hydrogen-bond donors (Lipinski definition) is 2. The lowest BCUT2D eigenvalue weighted by molar-refractivity contribution is 0.0599. The van der Waals surface area contributed by atoms with Gasteiger partial charge in [0.05, 0.1) is 22.9 Å². The molecule has 0 radical (unpaired) electrons. The molecule has 130 valence electrons. The van der Waals surface area contributed by atoms with Crippen LogP contribution < -0.4 is 5.32 Å². The molecule has 0 fully saturated rings. The van der Waals surface area contributed by atoms with E-state index in [9.17, 15) is 9.59 Å². The summed E-state index contributed by atoms with van der Waals surface area (Å²) in [5, 5.41) is 3.35. The van der Waals surface area contributed by atoms with Crippen LogP contribution in [-0.4, -0.2) is 29.0 Å². The zero-order valence-electron chi connectivity index (χ0n) is 14.7. The molecular formula is C18H19N3O3S. The lowest BCUT2D eigenvalue weighted by Gasteiger charge is -2.01. The maximum absolute atomic E-state index is 12.6. The van der Waals surface area contributed by atoms with Crippen LogP contribution in [0.1, 0.15) is 43.2 Å². The fourth-order valence-electron chi connectivity index (χ4n) is 2.97. The summed E-state index contributed by atoms with van der Waals surface area (Å²) in [6.45, 7) is 7.49. The molecule has 0 saturated carbocycles. The van der Waals surface area contributed by atoms with Gasteiger partial charge in [0.15, 0.2) is 5.13 Å². The lowest BCUT2D eigenvalue weighted by Crippen LogP contribution is -2.14. The first-order valence-corrected chi connectivity index (χ1v) is 8.60. The fraction of sp³-hybridized carbons (Fsp3) is 0.278. The minimum Gasteiger partial charge on any atom is -0.465 e. The maximum Gasteiger partial charge on any atom is 0.339 e. The molecule has 25 heavy (non-hydrogen) atoms. The average molecular weight is 357 g/mol. The Balaban J connectivity index is 1.93. The van der Waals surface area contributed by atoms with Gasteiger partial charge in [-0.15, -0.1) is 0 Å². The maximum atomic E-state index is 12.6. The van der Waals surface area contributed by atoms with E-state index >= 15 is 0 Å². The number of amides is 1. The molecule has 2 heterocycles. The number of hydrogen-bond acceptors (Lipinski definition) is 5. The highest BCUT2D eigenvalue weighted by atomic mass is 32.1. The number of methoxy groups -OCH3 is 1. The molecule has 7 heteroatoms. The van der Waals surface area contributed by atoms with Crippen molar-refractivity contribution in [1.82, 2.24) is 9.97 Å². The zero-order chi connectivity index (χ0) is 18.3. The summed E-state index contributed by atoms with van der Waals surface area (Å²) in [6, 6.07) is 4.11. The van der Waals surface area contributed by atoms with E-state index in [-0.39, 0.29) is 5.91 Å². The van der Waals surface area contributed by atoms with Crippen molar-refractivity contribution in [3.63, 3.8) is 0 Å². The smallest absolute Gasteiger partial charge is 0.339 e. The third-order valence-electron chi connectivity index (χ3n) is 4.10. The van der Waals surface area contributed by atoms with Gasteiger partial charge in [0, 0.05) is 5.69 Å². The van der Waals surface area contributed by atoms with Gasteiger partial charge in [-0.25, -0.2) is 9.78 Å². The molecule has 2 aromatic heterocycles. The van der Waals surface area contributed by atoms with E-state index in [1.807, 2.05) is 13.8 Å². The van der Waals surface area contributed by atoms with E-state index < -0.39 is 5.97 Å². The van der Waals surface area contributed by atoms with Crippen molar-refractivity contribution in [1.29, 1.82) is 0 Å². The molecule has 0 spiro atoms. The van der Waals surface area contributed by atoms with E-state index in [1.165, 1.54) is 18.4 Å². The minimum atomic E-state index is -0.462. The normalized spacial score (nSPS) is 10.9. The van der Waals surface area contributed by atoms with Crippen LogP contribution in [0.15, 0.2) is 12.1 Å². The Morgan fingerprint density at radius 2 is 1.92 bits per heavy atom. The Morgan fingerprint density at radius 3 is 2.60 bits per heavy atom. The number of esters is 1. The highest BCUT2D eigenvalue weighted by Crippen LogP contribution is 2.30. The second kappa shape index (κ2) is 6.33. The number of carbonyl (C=O) groups excluding carboxylic acids is 2. The first kappa shape index (κ1) is 17.2. The SMILES string of the molecule is COC(=O)c1c(C)[nH]c(C(=O)Nc2nc3c(C)cc(C)cc3s2)c1C. The van der Waals surface area contributed by atoms with Crippen molar-refractivity contribution in [2.45, 2.75) is 27.7 Å². The number of benzene rings is 1. The van der Waals surface area contributed by atoms with Crippen LogP contribution in [0.3, 0.4) is 0 Å². The molecule has 6 nitrogen and oxygen atoms in total. The number of fused-ring (bicyclic) bond motifs is 1. The van der Waals surface area contributed by atoms with Gasteiger partial charge in [-0.1, -0.05) is 17.4 Å². The third-order valence-corrected chi connectivity index (χ3v) is 5.02. The summed E-state index contributed by atoms with van der Waals surface area (Å²) in [7, 11) is 1.32. The standard InChI is InChI=1S/C18H19N3O3S/c1-8-6-9(2)14-12(7-8)25-18(20-14)21-16(22)15-10(3)13(11(4)19-15)17(23)24-5/h6-7,19H,1-5H3,(H,20,21,22). The Morgan fingerprint density at radius 1 is 1.20 bits per heavy atom. The number of aryl methyl sites for hydroxylation is 3. The molecule has 0 aliphatic rings. The Bertz CT molecular complexity index is 1000. The van der Waals surface area contributed by atoms with Crippen molar-refractivity contribution in [3.05, 3.63) is 45.8 Å². The summed E-state index contributed by atoms with van der Waals surface area (Å²) in [6.07, 6.45) is 0. The van der Waals surface area contributed by atoms with Crippen molar-refractivity contribution in [3.8, 4) is 0 Å². The van der Waals surface area contributed by atoms with Crippen molar-refractivity contribution in [2.24, 2.45) is 0 Å². The molecular weight excluding hydrogens is 338 g/mol. The summed E-state index contributed by atoms with van der Waals surface area (Å²) in [5.41, 5.74) is 5.02. The third kappa shape index (κ3) is 3.02. The quantitative estimate of drug-likeness (QED) is 0.696. The summed E-state index contributed by atoms with van der Waals surface area (Å²) in [4.78, 5) is 31.9. The van der Waals surface area contributed by atoms with E-state index in [2.05, 4.69) is 27.4 Å². The molecule has 0 atom stereocenters. The number of anilines is 1.